The highest BCUT2D eigenvalue weighted by molar-refractivity contribution is 6.33. The summed E-state index contributed by atoms with van der Waals surface area (Å²) in [6, 6.07) is 15.4. The molecule has 2 saturated heterocycles. The van der Waals surface area contributed by atoms with Gasteiger partial charge in [0, 0.05) is 41.6 Å². The summed E-state index contributed by atoms with van der Waals surface area (Å²) >= 11 is 6.45. The number of carbonyl (C=O) groups is 2. The van der Waals surface area contributed by atoms with Crippen LogP contribution in [0.4, 0.5) is 5.69 Å². The van der Waals surface area contributed by atoms with Crippen LogP contribution in [0.3, 0.4) is 0 Å². The number of likely N-dealkylation sites (tertiary alicyclic amines) is 1. The van der Waals surface area contributed by atoms with E-state index in [0.717, 1.165) is 47.7 Å². The molecule has 2 aromatic heterocycles. The highest BCUT2D eigenvalue weighted by Gasteiger charge is 2.39. The number of aromatic amines is 1. The number of H-pyrrole nitrogens is 1. The van der Waals surface area contributed by atoms with Crippen LogP contribution in [-0.2, 0) is 14.3 Å². The standard InChI is InChI=1S/C31H34ClN5O3/c1-31(2)19-37(17-28(38)36-12-9-21(10-13-36)20-6-4-3-5-7-20)27(18-40-31)30(39)35-25-15-22(32)14-24-23-8-11-33-16-26(23)34-29(24)25/h3-8,11,14-16,21,27,34H,9-10,12-13,17-19H2,1-2H3,(H,35,39)/t27-/m0/s1. The van der Waals surface area contributed by atoms with Gasteiger partial charge in [0.25, 0.3) is 0 Å². The zero-order valence-electron chi connectivity index (χ0n) is 22.8. The van der Waals surface area contributed by atoms with Crippen molar-refractivity contribution >= 4 is 50.9 Å². The number of amides is 2. The molecule has 0 aliphatic carbocycles. The Labute approximate surface area is 238 Å². The Bertz CT molecular complexity index is 1540. The van der Waals surface area contributed by atoms with Gasteiger partial charge in [-0.1, -0.05) is 41.9 Å². The second-order valence-corrected chi connectivity index (χ2v) is 11.9. The minimum atomic E-state index is -0.612. The molecule has 2 amide bonds. The maximum Gasteiger partial charge on any atom is 0.244 e. The first-order valence-corrected chi connectivity index (χ1v) is 14.2. The molecule has 2 aliphatic rings. The van der Waals surface area contributed by atoms with E-state index in [1.54, 1.807) is 18.5 Å². The van der Waals surface area contributed by atoms with Gasteiger partial charge in [0.2, 0.25) is 11.8 Å². The van der Waals surface area contributed by atoms with E-state index in [1.807, 2.05) is 41.8 Å². The molecule has 40 heavy (non-hydrogen) atoms. The second-order valence-electron chi connectivity index (χ2n) is 11.5. The van der Waals surface area contributed by atoms with Crippen LogP contribution in [0, 0.1) is 0 Å². The largest absolute Gasteiger partial charge is 0.372 e. The highest BCUT2D eigenvalue weighted by Crippen LogP contribution is 2.34. The minimum Gasteiger partial charge on any atom is -0.372 e. The van der Waals surface area contributed by atoms with E-state index in [4.69, 9.17) is 16.3 Å². The van der Waals surface area contributed by atoms with Crippen LogP contribution >= 0.6 is 11.6 Å². The summed E-state index contributed by atoms with van der Waals surface area (Å²) in [4.78, 5) is 38.6. The number of ether oxygens (including phenoxy) is 1. The first-order chi connectivity index (χ1) is 19.3. The molecule has 0 saturated carbocycles. The Morgan fingerprint density at radius 1 is 1.12 bits per heavy atom. The number of benzene rings is 2. The van der Waals surface area contributed by atoms with Crippen molar-refractivity contribution in [3.63, 3.8) is 0 Å². The lowest BCUT2D eigenvalue weighted by Gasteiger charge is -2.43. The van der Waals surface area contributed by atoms with Crippen LogP contribution in [0.15, 0.2) is 60.9 Å². The molecule has 2 N–H and O–H groups in total. The molecule has 8 nitrogen and oxygen atoms in total. The van der Waals surface area contributed by atoms with E-state index in [-0.39, 0.29) is 25.0 Å². The molecule has 0 unspecified atom stereocenters. The van der Waals surface area contributed by atoms with Crippen LogP contribution in [0.5, 0.6) is 0 Å². The molecule has 4 heterocycles. The smallest absolute Gasteiger partial charge is 0.244 e. The molecule has 2 aromatic carbocycles. The van der Waals surface area contributed by atoms with E-state index in [2.05, 4.69) is 39.6 Å². The topological polar surface area (TPSA) is 90.6 Å². The van der Waals surface area contributed by atoms with Crippen molar-refractivity contribution in [2.24, 2.45) is 0 Å². The summed E-state index contributed by atoms with van der Waals surface area (Å²) in [7, 11) is 0. The minimum absolute atomic E-state index is 0.0512. The average Bonchev–Trinajstić information content (AvgIpc) is 3.32. The first-order valence-electron chi connectivity index (χ1n) is 13.8. The molecule has 1 atom stereocenters. The lowest BCUT2D eigenvalue weighted by Crippen LogP contribution is -2.60. The van der Waals surface area contributed by atoms with Crippen molar-refractivity contribution in [1.29, 1.82) is 0 Å². The number of carbonyl (C=O) groups excluding carboxylic acids is 2. The van der Waals surface area contributed by atoms with Crippen LogP contribution in [-0.4, -0.2) is 76.0 Å². The molecule has 9 heteroatoms. The number of rotatable bonds is 5. The Morgan fingerprint density at radius 2 is 1.90 bits per heavy atom. The molecule has 2 aliphatic heterocycles. The van der Waals surface area contributed by atoms with Gasteiger partial charge < -0.3 is 19.9 Å². The van der Waals surface area contributed by atoms with Crippen LogP contribution in [0.25, 0.3) is 21.8 Å². The maximum atomic E-state index is 13.7. The number of morpholine rings is 1. The lowest BCUT2D eigenvalue weighted by molar-refractivity contribution is -0.150. The Kier molecular flexibility index (Phi) is 7.25. The average molecular weight is 560 g/mol. The van der Waals surface area contributed by atoms with Gasteiger partial charge in [-0.25, -0.2) is 0 Å². The third-order valence-corrected chi connectivity index (χ3v) is 8.37. The highest BCUT2D eigenvalue weighted by atomic mass is 35.5. The summed E-state index contributed by atoms with van der Waals surface area (Å²) in [5, 5.41) is 5.48. The number of halogens is 1. The Morgan fingerprint density at radius 3 is 2.67 bits per heavy atom. The summed E-state index contributed by atoms with van der Waals surface area (Å²) < 4.78 is 6.05. The monoisotopic (exact) mass is 559 g/mol. The number of nitrogens with one attached hydrogen (secondary N) is 2. The van der Waals surface area contributed by atoms with E-state index >= 15 is 0 Å². The Balaban J connectivity index is 1.17. The SMILES string of the molecule is CC1(C)CN(CC(=O)N2CCC(c3ccccc3)CC2)[C@H](C(=O)Nc2cc(Cl)cc3c2[nH]c2cnccc23)CO1. The van der Waals surface area contributed by atoms with Crippen LogP contribution in [0.2, 0.25) is 5.02 Å². The molecular weight excluding hydrogens is 526 g/mol. The van der Waals surface area contributed by atoms with E-state index in [9.17, 15) is 9.59 Å². The van der Waals surface area contributed by atoms with Crippen LogP contribution in [0.1, 0.15) is 38.2 Å². The number of pyridine rings is 1. The number of piperidine rings is 1. The maximum absolute atomic E-state index is 13.7. The van der Waals surface area contributed by atoms with Gasteiger partial charge in [-0.3, -0.25) is 19.5 Å². The van der Waals surface area contributed by atoms with E-state index in [0.29, 0.717) is 23.2 Å². The molecule has 0 radical (unpaired) electrons. The van der Waals surface area contributed by atoms with E-state index in [1.165, 1.54) is 5.56 Å². The zero-order valence-corrected chi connectivity index (χ0v) is 23.6. The predicted molar refractivity (Wildman–Crippen MR) is 158 cm³/mol. The Hall–Kier alpha value is -3.46. The normalized spacial score (nSPS) is 20.2. The second kappa shape index (κ2) is 10.8. The van der Waals surface area contributed by atoms with Crippen molar-refractivity contribution < 1.29 is 14.3 Å². The number of fused-ring (bicyclic) bond motifs is 3. The summed E-state index contributed by atoms with van der Waals surface area (Å²) in [5.74, 6) is 0.294. The molecule has 2 fully saturated rings. The third kappa shape index (κ3) is 5.44. The number of hydrogen-bond donors (Lipinski definition) is 2. The number of anilines is 1. The fourth-order valence-corrected chi connectivity index (χ4v) is 6.27. The number of nitrogens with zero attached hydrogens (tertiary/aromatic N) is 3. The van der Waals surface area contributed by atoms with Gasteiger partial charge >= 0.3 is 0 Å². The zero-order chi connectivity index (χ0) is 27.9. The van der Waals surface area contributed by atoms with Crippen molar-refractivity contribution in [2.75, 3.05) is 38.1 Å². The predicted octanol–water partition coefficient (Wildman–Crippen LogP) is 5.19. The quantitative estimate of drug-likeness (QED) is 0.351. The van der Waals surface area contributed by atoms with Crippen LogP contribution < -0.4 is 5.32 Å². The molecule has 0 spiro atoms. The van der Waals surface area contributed by atoms with Crippen molar-refractivity contribution in [1.82, 2.24) is 19.8 Å². The van der Waals surface area contributed by atoms with Gasteiger partial charge in [-0.15, -0.1) is 0 Å². The van der Waals surface area contributed by atoms with Crippen molar-refractivity contribution in [2.45, 2.75) is 44.2 Å². The van der Waals surface area contributed by atoms with Gasteiger partial charge in [0.1, 0.15) is 6.04 Å². The number of hydrogen-bond acceptors (Lipinski definition) is 5. The van der Waals surface area contributed by atoms with Crippen molar-refractivity contribution in [3.8, 4) is 0 Å². The number of aromatic nitrogens is 2. The molecular formula is C31H34ClN5O3. The molecule has 0 bridgehead atoms. The molecule has 4 aromatic rings. The summed E-state index contributed by atoms with van der Waals surface area (Å²) in [6.07, 6.45) is 5.37. The summed E-state index contributed by atoms with van der Waals surface area (Å²) in [5.41, 5.74) is 3.10. The van der Waals surface area contributed by atoms with Gasteiger partial charge in [0.15, 0.2) is 0 Å². The van der Waals surface area contributed by atoms with Gasteiger partial charge in [-0.2, -0.15) is 0 Å². The van der Waals surface area contributed by atoms with E-state index < -0.39 is 11.6 Å². The van der Waals surface area contributed by atoms with Gasteiger partial charge in [-0.05, 0) is 56.4 Å². The lowest BCUT2D eigenvalue weighted by atomic mass is 9.89. The molecule has 208 valence electrons. The summed E-state index contributed by atoms with van der Waals surface area (Å²) in [6.45, 7) is 6.26. The van der Waals surface area contributed by atoms with Gasteiger partial charge in [0.05, 0.1) is 41.7 Å². The third-order valence-electron chi connectivity index (χ3n) is 8.15. The fraction of sp³-hybridized carbons (Fsp3) is 0.387. The first kappa shape index (κ1) is 26.7. The molecule has 6 rings (SSSR count). The van der Waals surface area contributed by atoms with Crippen molar-refractivity contribution in [3.05, 3.63) is 71.5 Å². The fourth-order valence-electron chi connectivity index (χ4n) is 6.06.